The van der Waals surface area contributed by atoms with Gasteiger partial charge in [-0.15, -0.1) is 30.0 Å². The van der Waals surface area contributed by atoms with E-state index in [1.807, 2.05) is 43.3 Å². The van der Waals surface area contributed by atoms with Crippen molar-refractivity contribution in [2.75, 3.05) is 17.7 Å². The number of carbonyl (C=O) groups is 2. The van der Waals surface area contributed by atoms with E-state index in [4.69, 9.17) is 0 Å². The Morgan fingerprint density at radius 3 is 2.49 bits per heavy atom. The molecule has 13 heteroatoms. The summed E-state index contributed by atoms with van der Waals surface area (Å²) in [6.45, 7) is 6.63. The summed E-state index contributed by atoms with van der Waals surface area (Å²) in [6, 6.07) is 19.0. The maximum Gasteiger partial charge on any atom is 0.573 e. The smallest absolute Gasteiger partial charge is 0.406 e. The number of benzene rings is 3. The molecule has 1 unspecified atom stereocenters. The highest BCUT2D eigenvalue weighted by molar-refractivity contribution is 8.01. The first kappa shape index (κ1) is 32.0. The predicted molar refractivity (Wildman–Crippen MR) is 167 cm³/mol. The molecule has 1 aliphatic rings. The van der Waals surface area contributed by atoms with E-state index in [0.29, 0.717) is 23.8 Å². The molecule has 45 heavy (non-hydrogen) atoms. The van der Waals surface area contributed by atoms with Crippen molar-refractivity contribution in [2.24, 2.45) is 0 Å². The van der Waals surface area contributed by atoms with Crippen LogP contribution in [0.15, 0.2) is 73.1 Å². The van der Waals surface area contributed by atoms with Gasteiger partial charge in [0.25, 0.3) is 0 Å². The number of thioether (sulfide) groups is 1. The lowest BCUT2D eigenvalue weighted by Crippen LogP contribution is -2.42. The minimum atomic E-state index is -4.76. The van der Waals surface area contributed by atoms with Crippen molar-refractivity contribution in [3.63, 3.8) is 0 Å². The number of hydrogen-bond donors (Lipinski definition) is 1. The van der Waals surface area contributed by atoms with E-state index in [-0.39, 0.29) is 35.3 Å². The summed E-state index contributed by atoms with van der Waals surface area (Å²) in [5, 5.41) is 5.85. The summed E-state index contributed by atoms with van der Waals surface area (Å²) in [5.74, 6) is 0.521. The third-order valence-corrected chi connectivity index (χ3v) is 8.33. The molecule has 236 valence electrons. The number of hydrazine groups is 1. The van der Waals surface area contributed by atoms with Gasteiger partial charge in [0.1, 0.15) is 12.1 Å². The second-order valence-corrected chi connectivity index (χ2v) is 12.3. The van der Waals surface area contributed by atoms with E-state index in [1.165, 1.54) is 47.0 Å². The Labute approximate surface area is 263 Å². The lowest BCUT2D eigenvalue weighted by Gasteiger charge is -2.28. The van der Waals surface area contributed by atoms with Crippen LogP contribution in [0.1, 0.15) is 42.9 Å². The first-order valence-corrected chi connectivity index (χ1v) is 15.3. The van der Waals surface area contributed by atoms with Gasteiger partial charge in [0.05, 0.1) is 23.2 Å². The number of ether oxygens (including phenoxy) is 1. The third-order valence-electron chi connectivity index (χ3n) is 7.16. The van der Waals surface area contributed by atoms with Crippen LogP contribution in [0.2, 0.25) is 0 Å². The number of nitrogens with zero attached hydrogens (tertiary/aromatic N) is 5. The van der Waals surface area contributed by atoms with E-state index in [9.17, 15) is 22.8 Å². The van der Waals surface area contributed by atoms with E-state index in [1.54, 1.807) is 17.0 Å². The highest BCUT2D eigenvalue weighted by Crippen LogP contribution is 2.37. The largest absolute Gasteiger partial charge is 0.573 e. The van der Waals surface area contributed by atoms with Crippen molar-refractivity contribution >= 4 is 29.3 Å². The number of alkyl halides is 3. The van der Waals surface area contributed by atoms with Crippen molar-refractivity contribution in [1.29, 1.82) is 0 Å². The van der Waals surface area contributed by atoms with Crippen LogP contribution in [0.3, 0.4) is 0 Å². The van der Waals surface area contributed by atoms with Crippen molar-refractivity contribution in [3.8, 4) is 22.8 Å². The van der Waals surface area contributed by atoms with E-state index < -0.39 is 6.36 Å². The lowest BCUT2D eigenvalue weighted by molar-refractivity contribution is -0.274. The monoisotopic (exact) mass is 638 g/mol. The highest BCUT2D eigenvalue weighted by atomic mass is 32.2. The fraction of sp³-hybridized carbons (Fsp3) is 0.312. The number of carbonyl (C=O) groups excluding carboxylic acids is 2. The predicted octanol–water partition coefficient (Wildman–Crippen LogP) is 6.22. The van der Waals surface area contributed by atoms with E-state index in [2.05, 4.69) is 40.2 Å². The molecule has 0 spiro atoms. The number of aryl methyl sites for hydroxylation is 1. The van der Waals surface area contributed by atoms with Crippen LogP contribution < -0.4 is 15.1 Å². The van der Waals surface area contributed by atoms with Crippen molar-refractivity contribution in [3.05, 3.63) is 89.7 Å². The molecule has 2 amide bonds. The number of hydrogen-bond acceptors (Lipinski definition) is 7. The molecule has 1 aliphatic heterocycles. The van der Waals surface area contributed by atoms with Crippen LogP contribution in [0.25, 0.3) is 17.1 Å². The molecular formula is C32H33F3N6O3S. The molecule has 0 aliphatic carbocycles. The molecule has 1 atom stereocenters. The van der Waals surface area contributed by atoms with Gasteiger partial charge in [-0.1, -0.05) is 50.2 Å². The fourth-order valence-corrected chi connectivity index (χ4v) is 6.20. The molecule has 5 rings (SSSR count). The van der Waals surface area contributed by atoms with Gasteiger partial charge in [-0.05, 0) is 59.9 Å². The second-order valence-electron chi connectivity index (χ2n) is 11.1. The van der Waals surface area contributed by atoms with Crippen LogP contribution in [0, 0.1) is 6.92 Å². The summed E-state index contributed by atoms with van der Waals surface area (Å²) in [4.78, 5) is 32.0. The van der Waals surface area contributed by atoms with Gasteiger partial charge in [0.2, 0.25) is 11.8 Å². The van der Waals surface area contributed by atoms with Crippen LogP contribution in [0.4, 0.5) is 18.9 Å². The molecule has 2 heterocycles. The number of anilines is 1. The zero-order chi connectivity index (χ0) is 32.3. The SMILES string of the molecule is Cc1ccc(C(C)C)c(N2C(=O)CSC2CC(=O)NN(C)Cc2ccc(-c3ncn(-c4ccc(OC(F)(F)F)cc4)n3)cc2)c1. The Morgan fingerprint density at radius 1 is 1.11 bits per heavy atom. The Bertz CT molecular complexity index is 1660. The fourth-order valence-electron chi connectivity index (χ4n) is 5.07. The molecule has 3 aromatic carbocycles. The highest BCUT2D eigenvalue weighted by Gasteiger charge is 2.36. The number of aromatic nitrogens is 3. The maximum absolute atomic E-state index is 13.0. The van der Waals surface area contributed by atoms with Crippen molar-refractivity contribution < 1.29 is 27.5 Å². The standard InChI is InChI=1S/C32H33F3N6O3S/c1-20(2)26-14-5-21(3)15-27(26)41-29(43)18-45-30(41)16-28(42)37-39(4)17-22-6-8-23(9-7-22)31-36-19-40(38-31)24-10-12-25(13-11-24)44-32(33,34)35/h5-15,19-20,30H,16-18H2,1-4H3,(H,37,42). The molecule has 0 bridgehead atoms. The minimum Gasteiger partial charge on any atom is -0.406 e. The van der Waals surface area contributed by atoms with Crippen LogP contribution in [-0.4, -0.2) is 56.1 Å². The minimum absolute atomic E-state index is 0.00602. The molecule has 0 saturated carbocycles. The molecular weight excluding hydrogens is 605 g/mol. The maximum atomic E-state index is 13.0. The van der Waals surface area contributed by atoms with Gasteiger partial charge < -0.3 is 4.74 Å². The number of amides is 2. The van der Waals surface area contributed by atoms with Gasteiger partial charge in [-0.3, -0.25) is 19.9 Å². The Hall–Kier alpha value is -4.36. The molecule has 4 aromatic rings. The zero-order valence-corrected chi connectivity index (χ0v) is 26.0. The van der Waals surface area contributed by atoms with Crippen molar-refractivity contribution in [1.82, 2.24) is 25.2 Å². The van der Waals surface area contributed by atoms with E-state index in [0.717, 1.165) is 27.9 Å². The molecule has 1 aromatic heterocycles. The van der Waals surface area contributed by atoms with Crippen LogP contribution >= 0.6 is 11.8 Å². The Kier molecular flexibility index (Phi) is 9.49. The third kappa shape index (κ3) is 8.03. The van der Waals surface area contributed by atoms with Crippen molar-refractivity contribution in [2.45, 2.75) is 51.4 Å². The second kappa shape index (κ2) is 13.3. The van der Waals surface area contributed by atoms with Gasteiger partial charge in [-0.25, -0.2) is 14.7 Å². The number of rotatable bonds is 10. The lowest BCUT2D eigenvalue weighted by atomic mass is 9.98. The zero-order valence-electron chi connectivity index (χ0n) is 25.2. The average Bonchev–Trinajstić information content (AvgIpc) is 3.60. The van der Waals surface area contributed by atoms with Gasteiger partial charge >= 0.3 is 6.36 Å². The normalized spacial score (nSPS) is 15.3. The Balaban J connectivity index is 1.17. The van der Waals surface area contributed by atoms with Crippen LogP contribution in [0.5, 0.6) is 5.75 Å². The van der Waals surface area contributed by atoms with Gasteiger partial charge in [0, 0.05) is 24.8 Å². The first-order chi connectivity index (χ1) is 21.4. The van der Waals surface area contributed by atoms with Crippen LogP contribution in [-0.2, 0) is 16.1 Å². The topological polar surface area (TPSA) is 92.6 Å². The molecule has 0 radical (unpaired) electrons. The number of halogens is 3. The summed E-state index contributed by atoms with van der Waals surface area (Å²) < 4.78 is 42.6. The van der Waals surface area contributed by atoms with E-state index >= 15 is 0 Å². The molecule has 1 fully saturated rings. The van der Waals surface area contributed by atoms with Gasteiger partial charge in [0.15, 0.2) is 5.82 Å². The summed E-state index contributed by atoms with van der Waals surface area (Å²) in [5.41, 5.74) is 8.15. The average molecular weight is 639 g/mol. The summed E-state index contributed by atoms with van der Waals surface area (Å²) in [6.07, 6.45) is -3.11. The van der Waals surface area contributed by atoms with Gasteiger partial charge in [-0.2, -0.15) is 0 Å². The Morgan fingerprint density at radius 2 is 1.82 bits per heavy atom. The first-order valence-electron chi connectivity index (χ1n) is 14.3. The number of nitrogens with one attached hydrogen (secondary N) is 1. The summed E-state index contributed by atoms with van der Waals surface area (Å²) in [7, 11) is 1.78. The summed E-state index contributed by atoms with van der Waals surface area (Å²) >= 11 is 1.48. The molecule has 9 nitrogen and oxygen atoms in total. The molecule has 1 N–H and O–H groups in total. The quantitative estimate of drug-likeness (QED) is 0.206. The molecule has 1 saturated heterocycles.